The third-order valence-electron chi connectivity index (χ3n) is 4.82. The monoisotopic (exact) mass is 358 g/mol. The number of carbonyl (C=O) groups excluding carboxylic acids is 1. The summed E-state index contributed by atoms with van der Waals surface area (Å²) in [5.74, 6) is 0.564. The van der Waals surface area contributed by atoms with Crippen LogP contribution in [-0.2, 0) is 9.53 Å². The first-order valence-corrected chi connectivity index (χ1v) is 8.41. The number of nitrogens with zero attached hydrogens (tertiary/aromatic N) is 1. The minimum absolute atomic E-state index is 0. The predicted octanol–water partition coefficient (Wildman–Crippen LogP) is 3.18. The standard InChI is InChI=1S/C17H23ClN2O2.ClH/c18-14-6-4-12(5-7-14)16-11-20(8-9-22-16)17(21)10-13-2-1-3-15(13)19;/h4-7,13,15-16H,1-3,8-11,19H2;1H/t13-,15+,16?;/m0./s1. The molecular weight excluding hydrogens is 335 g/mol. The average molecular weight is 359 g/mol. The molecule has 3 rings (SSSR count). The fourth-order valence-corrected chi connectivity index (χ4v) is 3.55. The summed E-state index contributed by atoms with van der Waals surface area (Å²) in [6.07, 6.45) is 3.79. The van der Waals surface area contributed by atoms with Crippen LogP contribution < -0.4 is 5.73 Å². The number of carbonyl (C=O) groups is 1. The highest BCUT2D eigenvalue weighted by molar-refractivity contribution is 6.30. The molecule has 2 N–H and O–H groups in total. The summed E-state index contributed by atoms with van der Waals surface area (Å²) in [6.45, 7) is 1.86. The number of ether oxygens (including phenoxy) is 1. The zero-order valence-electron chi connectivity index (χ0n) is 13.1. The van der Waals surface area contributed by atoms with E-state index < -0.39 is 0 Å². The second-order valence-electron chi connectivity index (χ2n) is 6.31. The molecule has 4 nitrogen and oxygen atoms in total. The van der Waals surface area contributed by atoms with Crippen molar-refractivity contribution in [3.63, 3.8) is 0 Å². The predicted molar refractivity (Wildman–Crippen MR) is 93.9 cm³/mol. The molecule has 1 heterocycles. The number of morpholine rings is 1. The van der Waals surface area contributed by atoms with Crippen molar-refractivity contribution >= 4 is 29.9 Å². The van der Waals surface area contributed by atoms with Gasteiger partial charge in [0, 0.05) is 24.0 Å². The van der Waals surface area contributed by atoms with Crippen LogP contribution in [0.3, 0.4) is 0 Å². The van der Waals surface area contributed by atoms with Gasteiger partial charge in [-0.3, -0.25) is 4.79 Å². The molecule has 0 bridgehead atoms. The summed E-state index contributed by atoms with van der Waals surface area (Å²) in [4.78, 5) is 14.4. The Hall–Kier alpha value is -0.810. The molecule has 1 aromatic carbocycles. The van der Waals surface area contributed by atoms with Crippen LogP contribution in [0.2, 0.25) is 5.02 Å². The Morgan fingerprint density at radius 2 is 2.04 bits per heavy atom. The van der Waals surface area contributed by atoms with E-state index in [0.29, 0.717) is 37.1 Å². The zero-order chi connectivity index (χ0) is 15.5. The molecule has 0 spiro atoms. The Kier molecular flexibility index (Phi) is 6.72. The van der Waals surface area contributed by atoms with Gasteiger partial charge < -0.3 is 15.4 Å². The first kappa shape index (κ1) is 18.5. The summed E-state index contributed by atoms with van der Waals surface area (Å²) in [6, 6.07) is 7.84. The highest BCUT2D eigenvalue weighted by atomic mass is 35.5. The van der Waals surface area contributed by atoms with Crippen LogP contribution in [0.5, 0.6) is 0 Å². The van der Waals surface area contributed by atoms with Crippen molar-refractivity contribution in [1.29, 1.82) is 0 Å². The number of halogens is 2. The average Bonchev–Trinajstić information content (AvgIpc) is 2.93. The molecular formula is C17H24Cl2N2O2. The second kappa shape index (κ2) is 8.34. The van der Waals surface area contributed by atoms with Gasteiger partial charge in [0.05, 0.1) is 13.2 Å². The van der Waals surface area contributed by atoms with Crippen LogP contribution in [-0.4, -0.2) is 36.5 Å². The molecule has 1 aliphatic heterocycles. The Balaban J connectivity index is 0.00000192. The lowest BCUT2D eigenvalue weighted by molar-refractivity contribution is -0.140. The first-order valence-electron chi connectivity index (χ1n) is 8.04. The highest BCUT2D eigenvalue weighted by Gasteiger charge is 2.30. The van der Waals surface area contributed by atoms with Crippen LogP contribution in [0, 0.1) is 5.92 Å². The number of hydrogen-bond acceptors (Lipinski definition) is 3. The van der Waals surface area contributed by atoms with E-state index in [4.69, 9.17) is 22.1 Å². The van der Waals surface area contributed by atoms with Crippen molar-refractivity contribution in [2.24, 2.45) is 11.7 Å². The molecule has 2 fully saturated rings. The molecule has 128 valence electrons. The van der Waals surface area contributed by atoms with E-state index in [1.165, 1.54) is 0 Å². The number of nitrogens with two attached hydrogens (primary N) is 1. The van der Waals surface area contributed by atoms with Crippen LogP contribution >= 0.6 is 24.0 Å². The first-order chi connectivity index (χ1) is 10.6. The minimum atomic E-state index is -0.0628. The third kappa shape index (κ3) is 4.60. The Labute approximate surface area is 148 Å². The lowest BCUT2D eigenvalue weighted by Crippen LogP contribution is -2.43. The number of benzene rings is 1. The summed E-state index contributed by atoms with van der Waals surface area (Å²) in [7, 11) is 0. The second-order valence-corrected chi connectivity index (χ2v) is 6.75. The van der Waals surface area contributed by atoms with Crippen LogP contribution in [0.1, 0.15) is 37.4 Å². The smallest absolute Gasteiger partial charge is 0.223 e. The maximum Gasteiger partial charge on any atom is 0.223 e. The van der Waals surface area contributed by atoms with Gasteiger partial charge >= 0.3 is 0 Å². The summed E-state index contributed by atoms with van der Waals surface area (Å²) < 4.78 is 5.81. The lowest BCUT2D eigenvalue weighted by atomic mass is 9.99. The van der Waals surface area contributed by atoms with Crippen molar-refractivity contribution in [3.05, 3.63) is 34.9 Å². The van der Waals surface area contributed by atoms with Crippen LogP contribution in [0.25, 0.3) is 0 Å². The van der Waals surface area contributed by atoms with Gasteiger partial charge in [-0.25, -0.2) is 0 Å². The van der Waals surface area contributed by atoms with E-state index in [1.807, 2.05) is 29.2 Å². The fraction of sp³-hybridized carbons (Fsp3) is 0.588. The summed E-state index contributed by atoms with van der Waals surface area (Å²) in [5.41, 5.74) is 7.15. The molecule has 0 aromatic heterocycles. The number of amides is 1. The normalized spacial score (nSPS) is 27.6. The quantitative estimate of drug-likeness (QED) is 0.902. The molecule has 1 saturated heterocycles. The third-order valence-corrected chi connectivity index (χ3v) is 5.07. The summed E-state index contributed by atoms with van der Waals surface area (Å²) >= 11 is 5.92. The molecule has 1 saturated carbocycles. The van der Waals surface area contributed by atoms with Crippen molar-refractivity contribution in [2.45, 2.75) is 37.8 Å². The molecule has 1 aliphatic carbocycles. The zero-order valence-corrected chi connectivity index (χ0v) is 14.7. The van der Waals surface area contributed by atoms with Crippen LogP contribution in [0.15, 0.2) is 24.3 Å². The van der Waals surface area contributed by atoms with Gasteiger partial charge in [0.1, 0.15) is 6.10 Å². The SMILES string of the molecule is Cl.N[C@@H]1CCC[C@H]1CC(=O)N1CCOC(c2ccc(Cl)cc2)C1. The number of hydrogen-bond donors (Lipinski definition) is 1. The molecule has 3 atom stereocenters. The van der Waals surface area contributed by atoms with E-state index in [-0.39, 0.29) is 30.5 Å². The highest BCUT2D eigenvalue weighted by Crippen LogP contribution is 2.29. The van der Waals surface area contributed by atoms with E-state index in [1.54, 1.807) is 0 Å². The molecule has 23 heavy (non-hydrogen) atoms. The van der Waals surface area contributed by atoms with E-state index in [0.717, 1.165) is 24.8 Å². The Morgan fingerprint density at radius 3 is 2.70 bits per heavy atom. The Morgan fingerprint density at radius 1 is 1.30 bits per heavy atom. The fourth-order valence-electron chi connectivity index (χ4n) is 3.43. The van der Waals surface area contributed by atoms with E-state index in [2.05, 4.69) is 0 Å². The van der Waals surface area contributed by atoms with Crippen molar-refractivity contribution < 1.29 is 9.53 Å². The Bertz CT molecular complexity index is 524. The molecule has 2 aliphatic rings. The maximum absolute atomic E-state index is 12.5. The molecule has 1 unspecified atom stereocenters. The summed E-state index contributed by atoms with van der Waals surface area (Å²) in [5, 5.41) is 0.711. The molecule has 1 amide bonds. The molecule has 1 aromatic rings. The molecule has 0 radical (unpaired) electrons. The number of rotatable bonds is 3. The van der Waals surface area contributed by atoms with Crippen molar-refractivity contribution in [2.75, 3.05) is 19.7 Å². The lowest BCUT2D eigenvalue weighted by Gasteiger charge is -2.34. The largest absolute Gasteiger partial charge is 0.370 e. The van der Waals surface area contributed by atoms with Crippen LogP contribution in [0.4, 0.5) is 0 Å². The van der Waals surface area contributed by atoms with Crippen molar-refractivity contribution in [1.82, 2.24) is 4.90 Å². The van der Waals surface area contributed by atoms with Gasteiger partial charge in [-0.15, -0.1) is 12.4 Å². The topological polar surface area (TPSA) is 55.6 Å². The maximum atomic E-state index is 12.5. The minimum Gasteiger partial charge on any atom is -0.370 e. The van der Waals surface area contributed by atoms with Gasteiger partial charge in [-0.2, -0.15) is 0 Å². The van der Waals surface area contributed by atoms with Gasteiger partial charge in [0.25, 0.3) is 0 Å². The van der Waals surface area contributed by atoms with Gasteiger partial charge in [0.2, 0.25) is 5.91 Å². The van der Waals surface area contributed by atoms with E-state index >= 15 is 0 Å². The van der Waals surface area contributed by atoms with E-state index in [9.17, 15) is 4.79 Å². The van der Waals surface area contributed by atoms with Crippen molar-refractivity contribution in [3.8, 4) is 0 Å². The van der Waals surface area contributed by atoms with Gasteiger partial charge in [0.15, 0.2) is 0 Å². The van der Waals surface area contributed by atoms with Gasteiger partial charge in [-0.1, -0.05) is 30.2 Å². The molecule has 6 heteroatoms. The van der Waals surface area contributed by atoms with Gasteiger partial charge in [-0.05, 0) is 36.5 Å².